The summed E-state index contributed by atoms with van der Waals surface area (Å²) < 4.78 is 15.9. The van der Waals surface area contributed by atoms with Crippen LogP contribution in [-0.2, 0) is 0 Å². The van der Waals surface area contributed by atoms with Gasteiger partial charge in [-0.25, -0.2) is 9.98 Å². The molecule has 0 bridgehead atoms. The van der Waals surface area contributed by atoms with E-state index in [0.29, 0.717) is 16.6 Å². The quantitative estimate of drug-likeness (QED) is 0.172. The topological polar surface area (TPSA) is 96.1 Å². The van der Waals surface area contributed by atoms with Crippen LogP contribution in [0.5, 0.6) is 17.2 Å². The molecule has 172 valence electrons. The van der Waals surface area contributed by atoms with Gasteiger partial charge in [-0.3, -0.25) is 10.1 Å². The minimum Gasteiger partial charge on any atom is -0.497 e. The van der Waals surface area contributed by atoms with Crippen molar-refractivity contribution in [1.82, 2.24) is 4.98 Å². The zero-order valence-corrected chi connectivity index (χ0v) is 19.5. The van der Waals surface area contributed by atoms with Crippen molar-refractivity contribution in [3.05, 3.63) is 82.4 Å². The summed E-state index contributed by atoms with van der Waals surface area (Å²) in [6.45, 7) is 0. The van der Waals surface area contributed by atoms with E-state index in [0.717, 1.165) is 33.0 Å². The van der Waals surface area contributed by atoms with Gasteiger partial charge in [0.05, 0.1) is 36.8 Å². The van der Waals surface area contributed by atoms with E-state index >= 15 is 0 Å². The molecule has 4 aromatic rings. The average molecular weight is 476 g/mol. The molecule has 3 aromatic carbocycles. The van der Waals surface area contributed by atoms with E-state index in [2.05, 4.69) is 4.99 Å². The second kappa shape index (κ2) is 10.1. The number of aliphatic imine (C=N–C) groups is 1. The Bertz CT molecular complexity index is 1330. The number of methoxy groups -OCH3 is 3. The van der Waals surface area contributed by atoms with Crippen LogP contribution in [0.25, 0.3) is 21.7 Å². The van der Waals surface area contributed by atoms with Gasteiger partial charge in [-0.1, -0.05) is 11.3 Å². The Morgan fingerprint density at radius 3 is 2.18 bits per heavy atom. The number of aromatic nitrogens is 1. The van der Waals surface area contributed by atoms with Gasteiger partial charge >= 0.3 is 0 Å². The van der Waals surface area contributed by atoms with Gasteiger partial charge in [0.1, 0.15) is 5.75 Å². The Morgan fingerprint density at radius 2 is 1.56 bits per heavy atom. The van der Waals surface area contributed by atoms with E-state index in [1.807, 2.05) is 42.5 Å². The van der Waals surface area contributed by atoms with Gasteiger partial charge in [-0.05, 0) is 65.7 Å². The standard InChI is InChI=1S/C25H21N3O5S/c1-31-20-11-7-17(8-12-20)23-24(18-5-9-19(10-6-18)28(29)30)34-25(27-23)26-15-16-4-13-21(32-2)22(14-16)33-3/h4-15H,1-3H3/b26-15-. The number of benzene rings is 3. The fourth-order valence-corrected chi connectivity index (χ4v) is 4.24. The maximum absolute atomic E-state index is 11.1. The summed E-state index contributed by atoms with van der Waals surface area (Å²) in [5.74, 6) is 1.98. The molecule has 1 aromatic heterocycles. The third kappa shape index (κ3) is 4.89. The third-order valence-corrected chi connectivity index (χ3v) is 6.06. The Labute approximate surface area is 200 Å². The average Bonchev–Trinajstić information content (AvgIpc) is 3.31. The highest BCUT2D eigenvalue weighted by atomic mass is 32.1. The minimum absolute atomic E-state index is 0.0333. The second-order valence-corrected chi connectivity index (χ2v) is 8.06. The Kier molecular flexibility index (Phi) is 6.84. The van der Waals surface area contributed by atoms with Crippen LogP contribution in [0.2, 0.25) is 0 Å². The molecular formula is C25H21N3O5S. The maximum atomic E-state index is 11.1. The van der Waals surface area contributed by atoms with Crippen LogP contribution in [0, 0.1) is 10.1 Å². The number of nitrogens with zero attached hydrogens (tertiary/aromatic N) is 3. The monoisotopic (exact) mass is 475 g/mol. The Balaban J connectivity index is 1.74. The highest BCUT2D eigenvalue weighted by molar-refractivity contribution is 7.19. The zero-order chi connectivity index (χ0) is 24.1. The van der Waals surface area contributed by atoms with Crippen LogP contribution in [0.3, 0.4) is 0 Å². The molecule has 0 fully saturated rings. The van der Waals surface area contributed by atoms with Gasteiger partial charge in [0.15, 0.2) is 11.5 Å². The summed E-state index contributed by atoms with van der Waals surface area (Å²) in [6, 6.07) is 19.5. The highest BCUT2D eigenvalue weighted by Crippen LogP contribution is 2.41. The van der Waals surface area contributed by atoms with Crippen molar-refractivity contribution in [2.45, 2.75) is 0 Å². The first-order valence-electron chi connectivity index (χ1n) is 10.2. The van der Waals surface area contributed by atoms with Crippen LogP contribution in [0.4, 0.5) is 10.8 Å². The van der Waals surface area contributed by atoms with E-state index in [1.165, 1.54) is 23.5 Å². The molecule has 4 rings (SSSR count). The molecule has 0 atom stereocenters. The van der Waals surface area contributed by atoms with Crippen molar-refractivity contribution in [1.29, 1.82) is 0 Å². The molecule has 0 saturated heterocycles. The molecule has 0 spiro atoms. The number of non-ortho nitro benzene ring substituents is 1. The number of hydrogen-bond acceptors (Lipinski definition) is 8. The summed E-state index contributed by atoms with van der Waals surface area (Å²) in [7, 11) is 4.78. The predicted octanol–water partition coefficient (Wildman–Crippen LogP) is 6.16. The molecular weight excluding hydrogens is 454 g/mol. The van der Waals surface area contributed by atoms with Gasteiger partial charge in [-0.15, -0.1) is 0 Å². The SMILES string of the molecule is COc1ccc(-c2nc(/N=C\c3ccc(OC)c(OC)c3)sc2-c2ccc([N+](=O)[O-])cc2)cc1. The lowest BCUT2D eigenvalue weighted by Gasteiger charge is -2.07. The molecule has 0 radical (unpaired) electrons. The number of thiazole rings is 1. The number of nitro benzene ring substituents is 1. The first kappa shape index (κ1) is 22.9. The van der Waals surface area contributed by atoms with Gasteiger partial charge in [0, 0.05) is 23.9 Å². The molecule has 0 unspecified atom stereocenters. The number of ether oxygens (including phenoxy) is 3. The molecule has 9 heteroatoms. The van der Waals surface area contributed by atoms with Crippen molar-refractivity contribution in [2.24, 2.45) is 4.99 Å². The van der Waals surface area contributed by atoms with Gasteiger partial charge in [-0.2, -0.15) is 0 Å². The molecule has 0 aliphatic carbocycles. The first-order chi connectivity index (χ1) is 16.5. The van der Waals surface area contributed by atoms with E-state index in [4.69, 9.17) is 19.2 Å². The van der Waals surface area contributed by atoms with E-state index in [9.17, 15) is 10.1 Å². The van der Waals surface area contributed by atoms with Crippen LogP contribution in [0.15, 0.2) is 71.7 Å². The van der Waals surface area contributed by atoms with Crippen molar-refractivity contribution < 1.29 is 19.1 Å². The molecule has 34 heavy (non-hydrogen) atoms. The summed E-state index contributed by atoms with van der Waals surface area (Å²) in [4.78, 5) is 20.8. The summed E-state index contributed by atoms with van der Waals surface area (Å²) in [5, 5.41) is 11.6. The molecule has 0 amide bonds. The van der Waals surface area contributed by atoms with E-state index in [1.54, 1.807) is 39.7 Å². The fraction of sp³-hybridized carbons (Fsp3) is 0.120. The van der Waals surface area contributed by atoms with Crippen LogP contribution in [-0.4, -0.2) is 37.5 Å². The molecule has 0 saturated carbocycles. The lowest BCUT2D eigenvalue weighted by molar-refractivity contribution is -0.384. The van der Waals surface area contributed by atoms with Crippen molar-refractivity contribution in [3.8, 4) is 38.9 Å². The Morgan fingerprint density at radius 1 is 0.882 bits per heavy atom. The third-order valence-electron chi connectivity index (χ3n) is 5.05. The normalized spacial score (nSPS) is 10.9. The first-order valence-corrected chi connectivity index (χ1v) is 11.0. The smallest absolute Gasteiger partial charge is 0.269 e. The minimum atomic E-state index is -0.417. The van der Waals surface area contributed by atoms with Crippen molar-refractivity contribution in [3.63, 3.8) is 0 Å². The Hall–Kier alpha value is -4.24. The summed E-state index contributed by atoms with van der Waals surface area (Å²) in [5.41, 5.74) is 3.31. The van der Waals surface area contributed by atoms with Crippen molar-refractivity contribution >= 4 is 28.4 Å². The second-order valence-electron chi connectivity index (χ2n) is 7.08. The molecule has 0 aliphatic rings. The van der Waals surface area contributed by atoms with Crippen LogP contribution >= 0.6 is 11.3 Å². The van der Waals surface area contributed by atoms with Crippen LogP contribution < -0.4 is 14.2 Å². The van der Waals surface area contributed by atoms with Gasteiger partial charge < -0.3 is 14.2 Å². The highest BCUT2D eigenvalue weighted by Gasteiger charge is 2.16. The molecule has 1 heterocycles. The number of hydrogen-bond donors (Lipinski definition) is 0. The lowest BCUT2D eigenvalue weighted by Crippen LogP contribution is -1.91. The maximum Gasteiger partial charge on any atom is 0.269 e. The van der Waals surface area contributed by atoms with Crippen LogP contribution in [0.1, 0.15) is 5.56 Å². The summed E-state index contributed by atoms with van der Waals surface area (Å²) in [6.07, 6.45) is 1.71. The van der Waals surface area contributed by atoms with Gasteiger partial charge in [0.25, 0.3) is 5.69 Å². The van der Waals surface area contributed by atoms with Gasteiger partial charge in [0.2, 0.25) is 5.13 Å². The fourth-order valence-electron chi connectivity index (χ4n) is 3.30. The molecule has 0 aliphatic heterocycles. The zero-order valence-electron chi connectivity index (χ0n) is 18.7. The molecule has 8 nitrogen and oxygen atoms in total. The number of rotatable bonds is 8. The van der Waals surface area contributed by atoms with E-state index < -0.39 is 4.92 Å². The lowest BCUT2D eigenvalue weighted by atomic mass is 10.1. The predicted molar refractivity (Wildman–Crippen MR) is 133 cm³/mol. The summed E-state index contributed by atoms with van der Waals surface area (Å²) >= 11 is 1.40. The molecule has 0 N–H and O–H groups in total. The largest absolute Gasteiger partial charge is 0.497 e. The van der Waals surface area contributed by atoms with Crippen molar-refractivity contribution in [2.75, 3.05) is 21.3 Å². The van der Waals surface area contributed by atoms with E-state index in [-0.39, 0.29) is 5.69 Å². The number of nitro groups is 1.